The Hall–Kier alpha value is -2.04. The minimum Gasteiger partial charge on any atom is -0.478 e. The third kappa shape index (κ3) is 4.21. The number of carboxylic acids is 1. The zero-order valence-electron chi connectivity index (χ0n) is 11.6. The molecule has 0 aliphatic heterocycles. The molecule has 2 N–H and O–H groups in total. The molecule has 0 fully saturated rings. The number of hydrogen-bond acceptors (Lipinski definition) is 3. The lowest BCUT2D eigenvalue weighted by Crippen LogP contribution is -2.03. The van der Waals surface area contributed by atoms with Gasteiger partial charge in [-0.25, -0.2) is 4.79 Å². The van der Waals surface area contributed by atoms with Crippen molar-refractivity contribution >= 4 is 23.3 Å². The van der Waals surface area contributed by atoms with Gasteiger partial charge in [-0.05, 0) is 29.3 Å². The van der Waals surface area contributed by atoms with Crippen molar-refractivity contribution < 1.29 is 14.6 Å². The monoisotopic (exact) mass is 305 g/mol. The highest BCUT2D eigenvalue weighted by atomic mass is 35.5. The first-order valence-electron chi connectivity index (χ1n) is 6.43. The Morgan fingerprint density at radius 2 is 1.86 bits per heavy atom. The minimum absolute atomic E-state index is 0.0945. The smallest absolute Gasteiger partial charge is 0.337 e. The summed E-state index contributed by atoms with van der Waals surface area (Å²) < 4.78 is 5.06. The lowest BCUT2D eigenvalue weighted by molar-refractivity contribution is 0.0697. The van der Waals surface area contributed by atoms with Crippen molar-refractivity contribution in [1.82, 2.24) is 0 Å². The van der Waals surface area contributed by atoms with Crippen molar-refractivity contribution in [1.29, 1.82) is 0 Å². The average Bonchev–Trinajstić information content (AvgIpc) is 2.48. The molecule has 0 aliphatic rings. The van der Waals surface area contributed by atoms with E-state index >= 15 is 0 Å². The summed E-state index contributed by atoms with van der Waals surface area (Å²) >= 11 is 5.84. The SMILES string of the molecule is COCc1ccc(CNc2ccc(Cl)c(C(=O)O)c2)cc1. The van der Waals surface area contributed by atoms with Crippen molar-refractivity contribution in [2.24, 2.45) is 0 Å². The Kier molecular flexibility index (Phi) is 5.20. The fourth-order valence-electron chi connectivity index (χ4n) is 1.92. The molecular formula is C16H16ClNO3. The first kappa shape index (κ1) is 15.4. The van der Waals surface area contributed by atoms with Crippen LogP contribution >= 0.6 is 11.6 Å². The van der Waals surface area contributed by atoms with E-state index in [9.17, 15) is 4.79 Å². The molecule has 2 aromatic rings. The molecule has 4 nitrogen and oxygen atoms in total. The Balaban J connectivity index is 2.02. The molecule has 5 heteroatoms. The Morgan fingerprint density at radius 1 is 1.19 bits per heavy atom. The summed E-state index contributed by atoms with van der Waals surface area (Å²) in [5.74, 6) is -1.03. The lowest BCUT2D eigenvalue weighted by atomic mass is 10.1. The van der Waals surface area contributed by atoms with Gasteiger partial charge in [-0.3, -0.25) is 0 Å². The summed E-state index contributed by atoms with van der Waals surface area (Å²) in [6.07, 6.45) is 0. The molecule has 2 aromatic carbocycles. The van der Waals surface area contributed by atoms with Gasteiger partial charge in [-0.2, -0.15) is 0 Å². The number of carboxylic acid groups (broad SMARTS) is 1. The Bertz CT molecular complexity index is 626. The number of halogens is 1. The summed E-state index contributed by atoms with van der Waals surface area (Å²) in [6.45, 7) is 1.20. The molecule has 110 valence electrons. The van der Waals surface area contributed by atoms with Gasteiger partial charge in [0.25, 0.3) is 0 Å². The molecular weight excluding hydrogens is 290 g/mol. The van der Waals surface area contributed by atoms with Crippen LogP contribution in [-0.4, -0.2) is 18.2 Å². The summed E-state index contributed by atoms with van der Waals surface area (Å²) in [7, 11) is 1.66. The van der Waals surface area contributed by atoms with Gasteiger partial charge in [-0.1, -0.05) is 35.9 Å². The van der Waals surface area contributed by atoms with Crippen LogP contribution in [0.1, 0.15) is 21.5 Å². The fourth-order valence-corrected chi connectivity index (χ4v) is 2.12. The predicted octanol–water partition coefficient (Wildman–Crippen LogP) is 3.80. The molecule has 0 saturated heterocycles. The van der Waals surface area contributed by atoms with Gasteiger partial charge < -0.3 is 15.2 Å². The molecule has 0 aliphatic carbocycles. The summed E-state index contributed by atoms with van der Waals surface area (Å²) in [5.41, 5.74) is 3.03. The minimum atomic E-state index is -1.03. The van der Waals surface area contributed by atoms with E-state index in [-0.39, 0.29) is 10.6 Å². The van der Waals surface area contributed by atoms with E-state index in [1.807, 2.05) is 24.3 Å². The van der Waals surface area contributed by atoms with Crippen LogP contribution in [0.15, 0.2) is 42.5 Å². The number of nitrogens with one attached hydrogen (secondary N) is 1. The topological polar surface area (TPSA) is 58.6 Å². The molecule has 0 amide bonds. The first-order chi connectivity index (χ1) is 10.1. The van der Waals surface area contributed by atoms with Crippen LogP contribution in [0.5, 0.6) is 0 Å². The van der Waals surface area contributed by atoms with E-state index in [4.69, 9.17) is 21.4 Å². The van der Waals surface area contributed by atoms with E-state index in [2.05, 4.69) is 5.32 Å². The molecule has 21 heavy (non-hydrogen) atoms. The fraction of sp³-hybridized carbons (Fsp3) is 0.188. The van der Waals surface area contributed by atoms with E-state index < -0.39 is 5.97 Å². The highest BCUT2D eigenvalue weighted by molar-refractivity contribution is 6.33. The zero-order chi connectivity index (χ0) is 15.2. The summed E-state index contributed by atoms with van der Waals surface area (Å²) in [5, 5.41) is 12.4. The van der Waals surface area contributed by atoms with Crippen LogP contribution < -0.4 is 5.32 Å². The van der Waals surface area contributed by atoms with Gasteiger partial charge in [0.2, 0.25) is 0 Å². The molecule has 0 atom stereocenters. The lowest BCUT2D eigenvalue weighted by Gasteiger charge is -2.09. The summed E-state index contributed by atoms with van der Waals surface area (Å²) in [6, 6.07) is 12.9. The number of carbonyl (C=O) groups is 1. The van der Waals surface area contributed by atoms with Crippen molar-refractivity contribution in [2.45, 2.75) is 13.2 Å². The molecule has 0 bridgehead atoms. The van der Waals surface area contributed by atoms with Gasteiger partial charge in [0.15, 0.2) is 0 Å². The van der Waals surface area contributed by atoms with Crippen LogP contribution in [0.4, 0.5) is 5.69 Å². The average molecular weight is 306 g/mol. The standard InChI is InChI=1S/C16H16ClNO3/c1-21-10-12-4-2-11(3-5-12)9-18-13-6-7-15(17)14(8-13)16(19)20/h2-8,18H,9-10H2,1H3,(H,19,20). The van der Waals surface area contributed by atoms with E-state index in [0.717, 1.165) is 16.8 Å². The van der Waals surface area contributed by atoms with Crippen molar-refractivity contribution in [3.8, 4) is 0 Å². The number of anilines is 1. The quantitative estimate of drug-likeness (QED) is 0.852. The van der Waals surface area contributed by atoms with Crippen LogP contribution in [0, 0.1) is 0 Å². The van der Waals surface area contributed by atoms with E-state index in [0.29, 0.717) is 13.2 Å². The van der Waals surface area contributed by atoms with Gasteiger partial charge >= 0.3 is 5.97 Å². The Labute approximate surface area is 128 Å². The Morgan fingerprint density at radius 3 is 2.48 bits per heavy atom. The third-order valence-electron chi connectivity index (χ3n) is 3.03. The zero-order valence-corrected chi connectivity index (χ0v) is 12.4. The maximum atomic E-state index is 11.0. The molecule has 0 aromatic heterocycles. The number of benzene rings is 2. The number of methoxy groups -OCH3 is 1. The number of ether oxygens (including phenoxy) is 1. The highest BCUT2D eigenvalue weighted by Gasteiger charge is 2.09. The maximum Gasteiger partial charge on any atom is 0.337 e. The van der Waals surface area contributed by atoms with Crippen molar-refractivity contribution in [3.05, 3.63) is 64.2 Å². The molecule has 0 saturated carbocycles. The predicted molar refractivity (Wildman–Crippen MR) is 82.9 cm³/mol. The number of aromatic carboxylic acids is 1. The van der Waals surface area contributed by atoms with Crippen LogP contribution in [-0.2, 0) is 17.9 Å². The second-order valence-electron chi connectivity index (χ2n) is 4.60. The molecule has 0 unspecified atom stereocenters. The van der Waals surface area contributed by atoms with Crippen molar-refractivity contribution in [2.75, 3.05) is 12.4 Å². The maximum absolute atomic E-state index is 11.0. The van der Waals surface area contributed by atoms with Crippen LogP contribution in [0.2, 0.25) is 5.02 Å². The van der Waals surface area contributed by atoms with E-state index in [1.54, 1.807) is 19.2 Å². The number of rotatable bonds is 6. The second kappa shape index (κ2) is 7.11. The largest absolute Gasteiger partial charge is 0.478 e. The van der Waals surface area contributed by atoms with Gasteiger partial charge in [-0.15, -0.1) is 0 Å². The second-order valence-corrected chi connectivity index (χ2v) is 5.01. The van der Waals surface area contributed by atoms with Gasteiger partial charge in [0, 0.05) is 19.3 Å². The first-order valence-corrected chi connectivity index (χ1v) is 6.81. The van der Waals surface area contributed by atoms with Crippen LogP contribution in [0.25, 0.3) is 0 Å². The molecule has 0 radical (unpaired) electrons. The summed E-state index contributed by atoms with van der Waals surface area (Å²) in [4.78, 5) is 11.0. The highest BCUT2D eigenvalue weighted by Crippen LogP contribution is 2.21. The van der Waals surface area contributed by atoms with Gasteiger partial charge in [0.05, 0.1) is 17.2 Å². The van der Waals surface area contributed by atoms with Crippen LogP contribution in [0.3, 0.4) is 0 Å². The molecule has 0 heterocycles. The van der Waals surface area contributed by atoms with Crippen molar-refractivity contribution in [3.63, 3.8) is 0 Å². The normalized spacial score (nSPS) is 10.4. The van der Waals surface area contributed by atoms with E-state index in [1.165, 1.54) is 6.07 Å². The molecule has 2 rings (SSSR count). The van der Waals surface area contributed by atoms with Gasteiger partial charge in [0.1, 0.15) is 0 Å². The molecule has 0 spiro atoms. The number of hydrogen-bond donors (Lipinski definition) is 2. The third-order valence-corrected chi connectivity index (χ3v) is 3.36.